The Morgan fingerprint density at radius 1 is 1.11 bits per heavy atom. The Morgan fingerprint density at radius 2 is 1.86 bits per heavy atom. The monoisotopic (exact) mass is 395 g/mol. The van der Waals surface area contributed by atoms with E-state index in [1.807, 2.05) is 6.92 Å². The predicted molar refractivity (Wildman–Crippen MR) is 109 cm³/mol. The highest BCUT2D eigenvalue weighted by Crippen LogP contribution is 2.33. The van der Waals surface area contributed by atoms with Crippen LogP contribution in [0.25, 0.3) is 0 Å². The number of ether oxygens (including phenoxy) is 1. The van der Waals surface area contributed by atoms with Crippen molar-refractivity contribution in [2.75, 3.05) is 26.2 Å². The minimum Gasteiger partial charge on any atom is -0.762 e. The lowest BCUT2D eigenvalue weighted by Gasteiger charge is -2.42. The Kier molecular flexibility index (Phi) is 8.72. The van der Waals surface area contributed by atoms with Crippen molar-refractivity contribution in [2.24, 2.45) is 17.8 Å². The van der Waals surface area contributed by atoms with Gasteiger partial charge in [-0.3, -0.25) is 14.9 Å². The fourth-order valence-corrected chi connectivity index (χ4v) is 5.78. The van der Waals surface area contributed by atoms with Gasteiger partial charge >= 0.3 is 0 Å². The lowest BCUT2D eigenvalue weighted by Crippen LogP contribution is -2.48. The van der Waals surface area contributed by atoms with Crippen molar-refractivity contribution in [3.8, 4) is 0 Å². The van der Waals surface area contributed by atoms with Crippen molar-refractivity contribution in [1.82, 2.24) is 10.1 Å². The van der Waals surface area contributed by atoms with Gasteiger partial charge in [0.1, 0.15) is 5.78 Å². The number of Topliss-reactive ketones (excluding diaryl/α,β-unsaturated/α-hetero) is 1. The highest BCUT2D eigenvalue weighted by molar-refractivity contribution is 5.83. The summed E-state index contributed by atoms with van der Waals surface area (Å²) in [6.45, 7) is 4.97. The van der Waals surface area contributed by atoms with Crippen molar-refractivity contribution in [3.63, 3.8) is 0 Å². The van der Waals surface area contributed by atoms with E-state index in [1.165, 1.54) is 51.4 Å². The molecule has 1 aliphatic heterocycles. The molecule has 1 saturated heterocycles. The third-order valence-corrected chi connectivity index (χ3v) is 7.25. The van der Waals surface area contributed by atoms with Crippen LogP contribution in [0.1, 0.15) is 77.6 Å². The molecule has 0 spiro atoms. The number of carbonyl (C=O) groups excluding carboxylic acids is 1. The number of carbonyl (C=O) groups is 1. The summed E-state index contributed by atoms with van der Waals surface area (Å²) in [5, 5.41) is 21.0. The van der Waals surface area contributed by atoms with Crippen LogP contribution < -0.4 is 0 Å². The molecule has 2 saturated carbocycles. The van der Waals surface area contributed by atoms with Crippen molar-refractivity contribution in [1.29, 1.82) is 0 Å². The second-order valence-corrected chi connectivity index (χ2v) is 9.32. The lowest BCUT2D eigenvalue weighted by molar-refractivity contribution is -0.152. The standard InChI is InChI=1S/C22H39N2O4/c1-2-28-22-11-10-19(14-20(22)24(26)27)21(25)16-23-12-6-9-18(15-23)13-17-7-4-3-5-8-17/h17-20,22,26H,2-16H2,1H3/q-1. The molecule has 0 radical (unpaired) electrons. The maximum absolute atomic E-state index is 12.9. The number of piperidine rings is 1. The summed E-state index contributed by atoms with van der Waals surface area (Å²) in [5.74, 6) is 1.74. The Balaban J connectivity index is 1.46. The number of hydrogen-bond acceptors (Lipinski definition) is 6. The molecule has 0 amide bonds. The minimum atomic E-state index is -0.622. The molecule has 0 aromatic heterocycles. The smallest absolute Gasteiger partial charge is 0.149 e. The summed E-state index contributed by atoms with van der Waals surface area (Å²) in [7, 11) is 0. The first-order valence-electron chi connectivity index (χ1n) is 11.6. The van der Waals surface area contributed by atoms with Crippen molar-refractivity contribution in [3.05, 3.63) is 5.21 Å². The van der Waals surface area contributed by atoms with Crippen LogP contribution in [-0.2, 0) is 9.53 Å². The highest BCUT2D eigenvalue weighted by Gasteiger charge is 2.36. The molecule has 162 valence electrons. The maximum Gasteiger partial charge on any atom is 0.149 e. The van der Waals surface area contributed by atoms with Gasteiger partial charge in [-0.15, -0.1) is 0 Å². The number of ketones is 1. The molecule has 1 N–H and O–H groups in total. The van der Waals surface area contributed by atoms with E-state index in [1.54, 1.807) is 0 Å². The van der Waals surface area contributed by atoms with E-state index >= 15 is 0 Å². The molecule has 6 heteroatoms. The van der Waals surface area contributed by atoms with Gasteiger partial charge in [-0.1, -0.05) is 32.1 Å². The van der Waals surface area contributed by atoms with Crippen LogP contribution in [0, 0.1) is 23.0 Å². The molecule has 1 heterocycles. The zero-order valence-corrected chi connectivity index (χ0v) is 17.6. The van der Waals surface area contributed by atoms with Crippen LogP contribution in [0.2, 0.25) is 0 Å². The summed E-state index contributed by atoms with van der Waals surface area (Å²) < 4.78 is 5.60. The van der Waals surface area contributed by atoms with Gasteiger partial charge < -0.3 is 15.2 Å². The third kappa shape index (κ3) is 6.23. The number of likely N-dealkylation sites (tertiary alicyclic amines) is 1. The van der Waals surface area contributed by atoms with E-state index in [0.29, 0.717) is 26.0 Å². The second-order valence-electron chi connectivity index (χ2n) is 9.32. The third-order valence-electron chi connectivity index (χ3n) is 7.25. The van der Waals surface area contributed by atoms with E-state index in [0.717, 1.165) is 31.3 Å². The van der Waals surface area contributed by atoms with E-state index < -0.39 is 6.04 Å². The molecule has 3 fully saturated rings. The molecule has 3 aliphatic rings. The van der Waals surface area contributed by atoms with Gasteiger partial charge in [0.05, 0.1) is 12.6 Å². The number of nitrogens with zero attached hydrogens (tertiary/aromatic N) is 2. The van der Waals surface area contributed by atoms with Gasteiger partial charge in [0.2, 0.25) is 0 Å². The normalized spacial score (nSPS) is 33.3. The van der Waals surface area contributed by atoms with Crippen LogP contribution in [0.15, 0.2) is 0 Å². The summed E-state index contributed by atoms with van der Waals surface area (Å²) >= 11 is 0. The Hall–Kier alpha value is -0.530. The number of hydroxylamine groups is 2. The van der Waals surface area contributed by atoms with Crippen LogP contribution >= 0.6 is 0 Å². The van der Waals surface area contributed by atoms with Gasteiger partial charge in [-0.05, 0) is 63.8 Å². The van der Waals surface area contributed by atoms with Gasteiger partial charge in [0, 0.05) is 25.1 Å². The second kappa shape index (κ2) is 11.0. The first-order valence-corrected chi connectivity index (χ1v) is 11.6. The summed E-state index contributed by atoms with van der Waals surface area (Å²) in [4.78, 5) is 15.3. The molecular formula is C22H39N2O4-. The van der Waals surface area contributed by atoms with Crippen LogP contribution in [0.5, 0.6) is 0 Å². The zero-order valence-electron chi connectivity index (χ0n) is 17.6. The summed E-state index contributed by atoms with van der Waals surface area (Å²) in [5.41, 5.74) is 0. The van der Waals surface area contributed by atoms with Crippen molar-refractivity contribution >= 4 is 5.78 Å². The van der Waals surface area contributed by atoms with Gasteiger partial charge in [-0.25, -0.2) is 0 Å². The predicted octanol–water partition coefficient (Wildman–Crippen LogP) is 4.00. The molecular weight excluding hydrogens is 356 g/mol. The fraction of sp³-hybridized carbons (Fsp3) is 0.955. The average molecular weight is 396 g/mol. The summed E-state index contributed by atoms with van der Waals surface area (Å²) in [6.07, 6.45) is 12.4. The molecule has 0 aromatic rings. The minimum absolute atomic E-state index is 0.0147. The molecule has 4 atom stereocenters. The zero-order chi connectivity index (χ0) is 19.9. The highest BCUT2D eigenvalue weighted by atomic mass is 16.8. The van der Waals surface area contributed by atoms with Crippen molar-refractivity contribution < 1.29 is 14.7 Å². The molecule has 4 unspecified atom stereocenters. The Bertz CT molecular complexity index is 481. The first-order chi connectivity index (χ1) is 13.6. The molecule has 0 aromatic carbocycles. The van der Waals surface area contributed by atoms with Gasteiger partial charge in [0.25, 0.3) is 0 Å². The van der Waals surface area contributed by atoms with Crippen LogP contribution in [-0.4, -0.2) is 59.5 Å². The fourth-order valence-electron chi connectivity index (χ4n) is 5.78. The maximum atomic E-state index is 12.9. The molecule has 3 rings (SSSR count). The molecule has 2 aliphatic carbocycles. The van der Waals surface area contributed by atoms with Gasteiger partial charge in [-0.2, -0.15) is 0 Å². The van der Waals surface area contributed by atoms with Crippen molar-refractivity contribution in [2.45, 2.75) is 89.7 Å². The summed E-state index contributed by atoms with van der Waals surface area (Å²) in [6, 6.07) is -0.622. The quantitative estimate of drug-likeness (QED) is 0.626. The molecule has 28 heavy (non-hydrogen) atoms. The average Bonchev–Trinajstić information content (AvgIpc) is 2.69. The molecule has 6 nitrogen and oxygen atoms in total. The lowest BCUT2D eigenvalue weighted by atomic mass is 9.79. The van der Waals surface area contributed by atoms with E-state index in [2.05, 4.69) is 4.90 Å². The SMILES string of the molecule is CCOC1CCC(C(=O)CN2CCCC(CC3CCCCC3)C2)CC1N([O-])O. The first kappa shape index (κ1) is 22.2. The van der Waals surface area contributed by atoms with Crippen LogP contribution in [0.4, 0.5) is 0 Å². The van der Waals surface area contributed by atoms with E-state index in [-0.39, 0.29) is 23.0 Å². The van der Waals surface area contributed by atoms with Crippen LogP contribution in [0.3, 0.4) is 0 Å². The van der Waals surface area contributed by atoms with E-state index in [9.17, 15) is 15.2 Å². The topological polar surface area (TPSA) is 76.1 Å². The Labute approximate surface area is 170 Å². The molecule has 0 bridgehead atoms. The van der Waals surface area contributed by atoms with E-state index in [4.69, 9.17) is 4.74 Å². The largest absolute Gasteiger partial charge is 0.762 e. The number of rotatable bonds is 8. The van der Waals surface area contributed by atoms with Gasteiger partial charge in [0.15, 0.2) is 0 Å². The number of hydrogen-bond donors (Lipinski definition) is 1. The Morgan fingerprint density at radius 3 is 2.57 bits per heavy atom.